The van der Waals surface area contributed by atoms with Crippen LogP contribution < -0.4 is 10.6 Å². The van der Waals surface area contributed by atoms with Crippen LogP contribution in [0.1, 0.15) is 19.8 Å². The highest BCUT2D eigenvalue weighted by Gasteiger charge is 2.33. The van der Waals surface area contributed by atoms with Gasteiger partial charge in [-0.1, -0.05) is 6.92 Å². The van der Waals surface area contributed by atoms with Crippen molar-refractivity contribution in [3.63, 3.8) is 0 Å². The first-order valence-corrected chi connectivity index (χ1v) is 5.26. The molecule has 3 heteroatoms. The van der Waals surface area contributed by atoms with Gasteiger partial charge in [-0.25, -0.2) is 0 Å². The molecule has 1 amide bonds. The Morgan fingerprint density at radius 2 is 2.38 bits per heavy atom. The van der Waals surface area contributed by atoms with Crippen molar-refractivity contribution in [1.29, 1.82) is 0 Å². The van der Waals surface area contributed by atoms with Gasteiger partial charge in [0.1, 0.15) is 0 Å². The first-order valence-electron chi connectivity index (χ1n) is 5.26. The largest absolute Gasteiger partial charge is 0.356 e. The third kappa shape index (κ3) is 2.21. The maximum absolute atomic E-state index is 11.5. The van der Waals surface area contributed by atoms with Crippen LogP contribution in [-0.4, -0.2) is 25.5 Å². The summed E-state index contributed by atoms with van der Waals surface area (Å²) >= 11 is 0. The Balaban J connectivity index is 1.66. The summed E-state index contributed by atoms with van der Waals surface area (Å²) < 4.78 is 0. The zero-order chi connectivity index (χ0) is 9.26. The number of amides is 1. The molecule has 1 heterocycles. The molecule has 0 bridgehead atoms. The minimum absolute atomic E-state index is 0.231. The van der Waals surface area contributed by atoms with E-state index in [2.05, 4.69) is 17.6 Å². The first-order chi connectivity index (χ1) is 6.27. The zero-order valence-electron chi connectivity index (χ0n) is 8.18. The second-order valence-corrected chi connectivity index (χ2v) is 4.41. The van der Waals surface area contributed by atoms with Crippen molar-refractivity contribution in [1.82, 2.24) is 10.6 Å². The Hall–Kier alpha value is -0.570. The van der Waals surface area contributed by atoms with Crippen LogP contribution in [0.5, 0.6) is 0 Å². The molecule has 0 spiro atoms. The van der Waals surface area contributed by atoms with Gasteiger partial charge in [0.25, 0.3) is 0 Å². The van der Waals surface area contributed by atoms with E-state index >= 15 is 0 Å². The van der Waals surface area contributed by atoms with Gasteiger partial charge in [-0.3, -0.25) is 4.79 Å². The topological polar surface area (TPSA) is 41.1 Å². The number of nitrogens with one attached hydrogen (secondary N) is 2. The van der Waals surface area contributed by atoms with E-state index in [1.807, 2.05) is 0 Å². The van der Waals surface area contributed by atoms with Gasteiger partial charge in [0.05, 0.1) is 5.92 Å². The van der Waals surface area contributed by atoms with E-state index < -0.39 is 0 Å². The van der Waals surface area contributed by atoms with Crippen LogP contribution in [0.4, 0.5) is 0 Å². The molecule has 13 heavy (non-hydrogen) atoms. The van der Waals surface area contributed by atoms with Crippen LogP contribution in [0, 0.1) is 17.8 Å². The molecule has 1 saturated heterocycles. The molecule has 3 nitrogen and oxygen atoms in total. The molecule has 1 saturated carbocycles. The highest BCUT2D eigenvalue weighted by Crippen LogP contribution is 2.36. The summed E-state index contributed by atoms with van der Waals surface area (Å²) in [5, 5.41) is 6.24. The van der Waals surface area contributed by atoms with E-state index in [0.717, 1.165) is 37.9 Å². The van der Waals surface area contributed by atoms with Crippen LogP contribution in [0.15, 0.2) is 0 Å². The van der Waals surface area contributed by atoms with E-state index in [1.54, 1.807) is 0 Å². The minimum Gasteiger partial charge on any atom is -0.356 e. The molecule has 1 aliphatic heterocycles. The molecule has 2 N–H and O–H groups in total. The zero-order valence-corrected chi connectivity index (χ0v) is 8.18. The fourth-order valence-corrected chi connectivity index (χ4v) is 1.94. The maximum Gasteiger partial charge on any atom is 0.224 e. The summed E-state index contributed by atoms with van der Waals surface area (Å²) in [6.07, 6.45) is 2.30. The van der Waals surface area contributed by atoms with Crippen LogP contribution >= 0.6 is 0 Å². The standard InChI is InChI=1S/C10H18N2O/c1-7-4-9(7)6-12-10(13)8-2-3-11-5-8/h7-9,11H,2-6H2,1H3,(H,12,13)/t7?,8-,9?/m1/s1. The molecule has 3 atom stereocenters. The summed E-state index contributed by atoms with van der Waals surface area (Å²) in [7, 11) is 0. The number of hydrogen-bond donors (Lipinski definition) is 2. The second-order valence-electron chi connectivity index (χ2n) is 4.41. The summed E-state index contributed by atoms with van der Waals surface area (Å²) in [5.74, 6) is 2.08. The van der Waals surface area contributed by atoms with E-state index in [0.29, 0.717) is 0 Å². The molecule has 0 aromatic carbocycles. The van der Waals surface area contributed by atoms with E-state index in [-0.39, 0.29) is 11.8 Å². The maximum atomic E-state index is 11.5. The van der Waals surface area contributed by atoms with Crippen molar-refractivity contribution in [2.24, 2.45) is 17.8 Å². The highest BCUT2D eigenvalue weighted by atomic mass is 16.1. The van der Waals surface area contributed by atoms with Gasteiger partial charge < -0.3 is 10.6 Å². The third-order valence-corrected chi connectivity index (χ3v) is 3.25. The smallest absolute Gasteiger partial charge is 0.224 e. The third-order valence-electron chi connectivity index (χ3n) is 3.25. The molecular weight excluding hydrogens is 164 g/mol. The Kier molecular flexibility index (Phi) is 2.54. The Labute approximate surface area is 79.3 Å². The lowest BCUT2D eigenvalue weighted by molar-refractivity contribution is -0.124. The molecule has 74 valence electrons. The van der Waals surface area contributed by atoms with Gasteiger partial charge in [-0.15, -0.1) is 0 Å². The Morgan fingerprint density at radius 3 is 2.92 bits per heavy atom. The first kappa shape index (κ1) is 9.00. The van der Waals surface area contributed by atoms with Crippen molar-refractivity contribution in [2.45, 2.75) is 19.8 Å². The van der Waals surface area contributed by atoms with Crippen molar-refractivity contribution in [2.75, 3.05) is 19.6 Å². The summed E-state index contributed by atoms with van der Waals surface area (Å²) in [4.78, 5) is 11.5. The summed E-state index contributed by atoms with van der Waals surface area (Å²) in [6, 6.07) is 0. The monoisotopic (exact) mass is 182 g/mol. The van der Waals surface area contributed by atoms with E-state index in [4.69, 9.17) is 0 Å². The van der Waals surface area contributed by atoms with E-state index in [9.17, 15) is 4.79 Å². The lowest BCUT2D eigenvalue weighted by Crippen LogP contribution is -2.33. The van der Waals surface area contributed by atoms with E-state index in [1.165, 1.54) is 6.42 Å². The van der Waals surface area contributed by atoms with Crippen molar-refractivity contribution >= 4 is 5.91 Å². The van der Waals surface area contributed by atoms with Crippen LogP contribution in [-0.2, 0) is 4.79 Å². The van der Waals surface area contributed by atoms with Crippen molar-refractivity contribution in [3.8, 4) is 0 Å². The Morgan fingerprint density at radius 1 is 1.62 bits per heavy atom. The molecular formula is C10H18N2O. The fraction of sp³-hybridized carbons (Fsp3) is 0.900. The predicted molar refractivity (Wildman–Crippen MR) is 51.3 cm³/mol. The number of carbonyl (C=O) groups excluding carboxylic acids is 1. The average Bonchev–Trinajstić information content (AvgIpc) is 2.67. The van der Waals surface area contributed by atoms with Gasteiger partial charge in [0.15, 0.2) is 0 Å². The molecule has 1 aliphatic carbocycles. The summed E-state index contributed by atoms with van der Waals surface area (Å²) in [5.41, 5.74) is 0. The minimum atomic E-state index is 0.231. The lowest BCUT2D eigenvalue weighted by atomic mass is 10.1. The molecule has 2 unspecified atom stereocenters. The van der Waals surface area contributed by atoms with Gasteiger partial charge >= 0.3 is 0 Å². The molecule has 2 aliphatic rings. The number of hydrogen-bond acceptors (Lipinski definition) is 2. The fourth-order valence-electron chi connectivity index (χ4n) is 1.94. The van der Waals surface area contributed by atoms with Gasteiger partial charge in [-0.05, 0) is 31.2 Å². The van der Waals surface area contributed by atoms with Crippen molar-refractivity contribution in [3.05, 3.63) is 0 Å². The number of carbonyl (C=O) groups is 1. The number of rotatable bonds is 3. The molecule has 0 radical (unpaired) electrons. The highest BCUT2D eigenvalue weighted by molar-refractivity contribution is 5.79. The summed E-state index contributed by atoms with van der Waals surface area (Å²) in [6.45, 7) is 5.01. The normalized spacial score (nSPS) is 37.5. The second kappa shape index (κ2) is 3.66. The average molecular weight is 182 g/mol. The van der Waals surface area contributed by atoms with Gasteiger partial charge in [-0.2, -0.15) is 0 Å². The van der Waals surface area contributed by atoms with Crippen LogP contribution in [0.25, 0.3) is 0 Å². The predicted octanol–water partition coefficient (Wildman–Crippen LogP) is 0.368. The van der Waals surface area contributed by atoms with Crippen LogP contribution in [0.2, 0.25) is 0 Å². The quantitative estimate of drug-likeness (QED) is 0.662. The SMILES string of the molecule is CC1CC1CNC(=O)[C@@H]1CCNC1. The van der Waals surface area contributed by atoms with Crippen molar-refractivity contribution < 1.29 is 4.79 Å². The Bertz CT molecular complexity index is 199. The van der Waals surface area contributed by atoms with Gasteiger partial charge in [0.2, 0.25) is 5.91 Å². The lowest BCUT2D eigenvalue weighted by Gasteiger charge is -2.08. The van der Waals surface area contributed by atoms with Gasteiger partial charge in [0, 0.05) is 13.1 Å². The molecule has 2 fully saturated rings. The molecule has 0 aromatic rings. The van der Waals surface area contributed by atoms with Crippen LogP contribution in [0.3, 0.4) is 0 Å². The molecule has 0 aromatic heterocycles. The molecule has 2 rings (SSSR count).